The number of rotatable bonds is 4. The first-order valence-corrected chi connectivity index (χ1v) is 8.71. The van der Waals surface area contributed by atoms with Crippen molar-refractivity contribution < 1.29 is 12.8 Å². The normalized spacial score (nSPS) is 10.9. The average molecular weight is 353 g/mol. The maximum absolute atomic E-state index is 13.0. The first-order chi connectivity index (χ1) is 12.0. The lowest BCUT2D eigenvalue weighted by Crippen LogP contribution is -2.13. The van der Waals surface area contributed by atoms with Crippen molar-refractivity contribution in [2.24, 2.45) is 0 Å². The maximum Gasteiger partial charge on any atom is 0.261 e. The lowest BCUT2D eigenvalue weighted by Gasteiger charge is -2.12. The highest BCUT2D eigenvalue weighted by molar-refractivity contribution is 7.92. The van der Waals surface area contributed by atoms with Gasteiger partial charge in [0, 0.05) is 18.0 Å². The summed E-state index contributed by atoms with van der Waals surface area (Å²) in [6.45, 7) is 0. The van der Waals surface area contributed by atoms with Crippen molar-refractivity contribution >= 4 is 15.7 Å². The molecule has 0 fully saturated rings. The Balaban J connectivity index is 1.98. The molecule has 3 aromatic rings. The van der Waals surface area contributed by atoms with Gasteiger partial charge in [-0.2, -0.15) is 5.26 Å². The number of anilines is 1. The van der Waals surface area contributed by atoms with E-state index in [-0.39, 0.29) is 4.90 Å². The Morgan fingerprint density at radius 3 is 2.32 bits per heavy atom. The minimum atomic E-state index is -3.87. The Bertz CT molecular complexity index is 1040. The summed E-state index contributed by atoms with van der Waals surface area (Å²) in [5, 5.41) is 8.87. The first kappa shape index (κ1) is 16.6. The summed E-state index contributed by atoms with van der Waals surface area (Å²) in [4.78, 5) is 3.98. The number of halogens is 1. The molecule has 0 atom stereocenters. The topological polar surface area (TPSA) is 82.8 Å². The zero-order valence-electron chi connectivity index (χ0n) is 12.8. The van der Waals surface area contributed by atoms with Gasteiger partial charge in [-0.25, -0.2) is 12.8 Å². The lowest BCUT2D eigenvalue weighted by atomic mass is 10.0. The molecule has 0 aliphatic rings. The van der Waals surface area contributed by atoms with E-state index in [0.29, 0.717) is 22.4 Å². The molecule has 0 spiro atoms. The van der Waals surface area contributed by atoms with Gasteiger partial charge in [0.1, 0.15) is 5.82 Å². The number of sulfonamides is 1. The maximum atomic E-state index is 13.0. The molecule has 0 saturated heterocycles. The summed E-state index contributed by atoms with van der Waals surface area (Å²) in [6.07, 6.45) is 3.00. The van der Waals surface area contributed by atoms with E-state index in [1.54, 1.807) is 24.3 Å². The van der Waals surface area contributed by atoms with E-state index in [1.165, 1.54) is 30.6 Å². The summed E-state index contributed by atoms with van der Waals surface area (Å²) >= 11 is 0. The Kier molecular flexibility index (Phi) is 4.46. The zero-order chi connectivity index (χ0) is 17.9. The van der Waals surface area contributed by atoms with Crippen LogP contribution in [0.2, 0.25) is 0 Å². The van der Waals surface area contributed by atoms with Crippen molar-refractivity contribution in [3.05, 3.63) is 78.4 Å². The molecule has 7 heteroatoms. The number of pyridine rings is 1. The van der Waals surface area contributed by atoms with Gasteiger partial charge in [-0.05, 0) is 48.0 Å². The van der Waals surface area contributed by atoms with Crippen molar-refractivity contribution in [3.63, 3.8) is 0 Å². The van der Waals surface area contributed by atoms with Gasteiger partial charge in [0.05, 0.1) is 22.2 Å². The molecular formula is C18H12FN3O2S. The van der Waals surface area contributed by atoms with Crippen LogP contribution in [0.1, 0.15) is 5.56 Å². The third-order valence-electron chi connectivity index (χ3n) is 3.51. The van der Waals surface area contributed by atoms with Crippen LogP contribution in [0, 0.1) is 17.1 Å². The largest absolute Gasteiger partial charge is 0.279 e. The predicted molar refractivity (Wildman–Crippen MR) is 91.6 cm³/mol. The predicted octanol–water partition coefficient (Wildman–Crippen LogP) is 3.56. The molecule has 0 unspecified atom stereocenters. The first-order valence-electron chi connectivity index (χ1n) is 7.22. The van der Waals surface area contributed by atoms with Crippen molar-refractivity contribution in [2.75, 3.05) is 4.72 Å². The van der Waals surface area contributed by atoms with Crippen LogP contribution in [0.25, 0.3) is 11.1 Å². The monoisotopic (exact) mass is 353 g/mol. The van der Waals surface area contributed by atoms with Crippen LogP contribution in [0.4, 0.5) is 10.1 Å². The van der Waals surface area contributed by atoms with E-state index >= 15 is 0 Å². The third-order valence-corrected chi connectivity index (χ3v) is 4.90. The second-order valence-electron chi connectivity index (χ2n) is 5.17. The molecule has 1 heterocycles. The van der Waals surface area contributed by atoms with E-state index in [1.807, 2.05) is 6.07 Å². The Labute approximate surface area is 144 Å². The van der Waals surface area contributed by atoms with Gasteiger partial charge >= 0.3 is 0 Å². The molecule has 5 nitrogen and oxygen atoms in total. The van der Waals surface area contributed by atoms with Crippen molar-refractivity contribution in [2.45, 2.75) is 4.90 Å². The number of nitrogens with one attached hydrogen (secondary N) is 1. The van der Waals surface area contributed by atoms with E-state index in [4.69, 9.17) is 5.26 Å². The highest BCUT2D eigenvalue weighted by Gasteiger charge is 2.16. The third kappa shape index (κ3) is 3.65. The summed E-state index contributed by atoms with van der Waals surface area (Å²) in [7, 11) is -3.87. The Morgan fingerprint density at radius 2 is 1.68 bits per heavy atom. The van der Waals surface area contributed by atoms with Crippen molar-refractivity contribution in [1.82, 2.24) is 4.98 Å². The number of hydrogen-bond donors (Lipinski definition) is 1. The van der Waals surface area contributed by atoms with Crippen LogP contribution < -0.4 is 4.72 Å². The molecule has 2 aromatic carbocycles. The van der Waals surface area contributed by atoms with Gasteiger partial charge in [0.25, 0.3) is 10.0 Å². The van der Waals surface area contributed by atoms with Crippen LogP contribution in [0.15, 0.2) is 71.9 Å². The molecule has 0 bridgehead atoms. The van der Waals surface area contributed by atoms with Gasteiger partial charge < -0.3 is 0 Å². The number of benzene rings is 2. The van der Waals surface area contributed by atoms with Gasteiger partial charge in [0.15, 0.2) is 0 Å². The highest BCUT2D eigenvalue weighted by atomic mass is 32.2. The van der Waals surface area contributed by atoms with Crippen molar-refractivity contribution in [1.29, 1.82) is 5.26 Å². The van der Waals surface area contributed by atoms with E-state index in [2.05, 4.69) is 9.71 Å². The molecule has 0 radical (unpaired) electrons. The van der Waals surface area contributed by atoms with Crippen LogP contribution >= 0.6 is 0 Å². The standard InChI is InChI=1S/C18H12FN3O2S/c19-15-5-7-16(8-6-15)25(23,24)22-18-9-10-21-12-17(18)14-3-1-13(11-20)2-4-14/h1-10,12H,(H,21,22). The number of nitriles is 1. The Hall–Kier alpha value is -3.24. The minimum absolute atomic E-state index is 0.0449. The molecule has 0 amide bonds. The second kappa shape index (κ2) is 6.71. The smallest absolute Gasteiger partial charge is 0.261 e. The molecule has 25 heavy (non-hydrogen) atoms. The molecular weight excluding hydrogens is 341 g/mol. The highest BCUT2D eigenvalue weighted by Crippen LogP contribution is 2.29. The fourth-order valence-corrected chi connectivity index (χ4v) is 3.34. The molecule has 0 aliphatic heterocycles. The molecule has 1 N–H and O–H groups in total. The fraction of sp³-hybridized carbons (Fsp3) is 0. The summed E-state index contributed by atoms with van der Waals surface area (Å²) in [5.74, 6) is -0.513. The minimum Gasteiger partial charge on any atom is -0.279 e. The molecule has 3 rings (SSSR count). The van der Waals surface area contributed by atoms with Gasteiger partial charge in [-0.3, -0.25) is 9.71 Å². The molecule has 0 saturated carbocycles. The lowest BCUT2D eigenvalue weighted by molar-refractivity contribution is 0.599. The van der Waals surface area contributed by atoms with Gasteiger partial charge in [-0.15, -0.1) is 0 Å². The SMILES string of the molecule is N#Cc1ccc(-c2cnccc2NS(=O)(=O)c2ccc(F)cc2)cc1. The molecule has 1 aromatic heterocycles. The molecule has 124 valence electrons. The van der Waals surface area contributed by atoms with E-state index in [0.717, 1.165) is 12.1 Å². The van der Waals surface area contributed by atoms with Crippen LogP contribution in [0.5, 0.6) is 0 Å². The van der Waals surface area contributed by atoms with E-state index in [9.17, 15) is 12.8 Å². The zero-order valence-corrected chi connectivity index (χ0v) is 13.7. The summed E-state index contributed by atoms with van der Waals surface area (Å²) in [5.41, 5.74) is 2.12. The second-order valence-corrected chi connectivity index (χ2v) is 6.85. The quantitative estimate of drug-likeness (QED) is 0.777. The van der Waals surface area contributed by atoms with Crippen LogP contribution in [0.3, 0.4) is 0 Å². The molecule has 0 aliphatic carbocycles. The van der Waals surface area contributed by atoms with Crippen LogP contribution in [-0.4, -0.2) is 13.4 Å². The summed E-state index contributed by atoms with van der Waals surface area (Å²) in [6, 6.07) is 14.8. The van der Waals surface area contributed by atoms with E-state index < -0.39 is 15.8 Å². The van der Waals surface area contributed by atoms with Crippen molar-refractivity contribution in [3.8, 4) is 17.2 Å². The fourth-order valence-electron chi connectivity index (χ4n) is 2.26. The average Bonchev–Trinajstić information content (AvgIpc) is 2.62. The van der Waals surface area contributed by atoms with Gasteiger partial charge in [-0.1, -0.05) is 12.1 Å². The Morgan fingerprint density at radius 1 is 1.00 bits per heavy atom. The number of hydrogen-bond acceptors (Lipinski definition) is 4. The summed E-state index contributed by atoms with van der Waals surface area (Å²) < 4.78 is 40.5. The van der Waals surface area contributed by atoms with Gasteiger partial charge in [0.2, 0.25) is 0 Å². The number of aromatic nitrogens is 1. The van der Waals surface area contributed by atoms with Crippen LogP contribution in [-0.2, 0) is 10.0 Å². The number of nitrogens with zero attached hydrogens (tertiary/aromatic N) is 2.